The first-order valence-corrected chi connectivity index (χ1v) is 8.56. The van der Waals surface area contributed by atoms with Crippen LogP contribution in [0.25, 0.3) is 0 Å². The summed E-state index contributed by atoms with van der Waals surface area (Å²) in [6, 6.07) is 9.04. The van der Waals surface area contributed by atoms with Gasteiger partial charge in [-0.2, -0.15) is 5.26 Å². The number of rotatable bonds is 3. The Hall–Kier alpha value is -1.90. The molecule has 3 rings (SSSR count). The highest BCUT2D eigenvalue weighted by molar-refractivity contribution is 5.94. The predicted octanol–water partition coefficient (Wildman–Crippen LogP) is 1.99. The van der Waals surface area contributed by atoms with E-state index in [1.165, 1.54) is 0 Å². The molecule has 1 aromatic rings. The molecule has 0 aliphatic carbocycles. The zero-order valence-electron chi connectivity index (χ0n) is 14.5. The highest BCUT2D eigenvalue weighted by Crippen LogP contribution is 2.44. The van der Waals surface area contributed by atoms with Crippen molar-refractivity contribution in [1.82, 2.24) is 9.80 Å². The fourth-order valence-corrected chi connectivity index (χ4v) is 4.09. The molecule has 0 aromatic heterocycles. The van der Waals surface area contributed by atoms with E-state index in [0.29, 0.717) is 17.0 Å². The second-order valence-electron chi connectivity index (χ2n) is 7.31. The van der Waals surface area contributed by atoms with E-state index in [2.05, 4.69) is 25.1 Å². The standard InChI is InChI=1S/C19H25N3O2/c1-21(2)12-17-13-22(14-19(17)7-9-24-10-8-19)18(23)16-5-3-15(11-20)4-6-16/h3-6,17H,7-10,12-14H2,1-2H3. The number of carbonyl (C=O) groups is 1. The van der Waals surface area contributed by atoms with Crippen LogP contribution in [0.1, 0.15) is 28.8 Å². The van der Waals surface area contributed by atoms with E-state index in [0.717, 1.165) is 45.7 Å². The average molecular weight is 327 g/mol. The third-order valence-corrected chi connectivity index (χ3v) is 5.43. The van der Waals surface area contributed by atoms with Crippen molar-refractivity contribution in [2.75, 3.05) is 46.9 Å². The minimum atomic E-state index is 0.0756. The van der Waals surface area contributed by atoms with Crippen molar-refractivity contribution in [3.63, 3.8) is 0 Å². The maximum absolute atomic E-state index is 12.9. The van der Waals surface area contributed by atoms with Crippen molar-refractivity contribution >= 4 is 5.91 Å². The lowest BCUT2D eigenvalue weighted by atomic mass is 9.72. The van der Waals surface area contributed by atoms with Gasteiger partial charge >= 0.3 is 0 Å². The maximum Gasteiger partial charge on any atom is 0.253 e. The molecule has 0 N–H and O–H groups in total. The highest BCUT2D eigenvalue weighted by Gasteiger charge is 2.48. The smallest absolute Gasteiger partial charge is 0.253 e. The van der Waals surface area contributed by atoms with E-state index in [1.807, 2.05) is 4.90 Å². The molecule has 1 amide bonds. The van der Waals surface area contributed by atoms with Crippen LogP contribution in [0.5, 0.6) is 0 Å². The van der Waals surface area contributed by atoms with Gasteiger partial charge in [0.25, 0.3) is 5.91 Å². The fraction of sp³-hybridized carbons (Fsp3) is 0.579. The van der Waals surface area contributed by atoms with Gasteiger partial charge in [-0.25, -0.2) is 0 Å². The Labute approximate surface area is 143 Å². The molecule has 2 aliphatic heterocycles. The van der Waals surface area contributed by atoms with E-state index < -0.39 is 0 Å². The minimum absolute atomic E-state index is 0.0756. The molecular weight excluding hydrogens is 302 g/mol. The van der Waals surface area contributed by atoms with Crippen molar-refractivity contribution < 1.29 is 9.53 Å². The third kappa shape index (κ3) is 3.31. The molecule has 0 bridgehead atoms. The molecule has 2 aliphatic rings. The summed E-state index contributed by atoms with van der Waals surface area (Å²) in [5, 5.41) is 8.90. The summed E-state index contributed by atoms with van der Waals surface area (Å²) in [4.78, 5) is 17.1. The number of carbonyl (C=O) groups excluding carboxylic acids is 1. The largest absolute Gasteiger partial charge is 0.381 e. The van der Waals surface area contributed by atoms with Crippen molar-refractivity contribution in [3.8, 4) is 6.07 Å². The van der Waals surface area contributed by atoms with Gasteiger partial charge in [0, 0.05) is 38.4 Å². The van der Waals surface area contributed by atoms with Crippen LogP contribution in [0.4, 0.5) is 0 Å². The van der Waals surface area contributed by atoms with Crippen molar-refractivity contribution in [2.24, 2.45) is 11.3 Å². The fourth-order valence-electron chi connectivity index (χ4n) is 4.09. The van der Waals surface area contributed by atoms with Crippen LogP contribution in [0, 0.1) is 22.7 Å². The summed E-state index contributed by atoms with van der Waals surface area (Å²) in [6.45, 7) is 4.20. The molecule has 1 atom stereocenters. The Morgan fingerprint density at radius 1 is 1.33 bits per heavy atom. The molecule has 2 heterocycles. The lowest BCUT2D eigenvalue weighted by molar-refractivity contribution is -0.00451. The van der Waals surface area contributed by atoms with Gasteiger partial charge in [0.2, 0.25) is 0 Å². The van der Waals surface area contributed by atoms with E-state index in [9.17, 15) is 4.79 Å². The monoisotopic (exact) mass is 327 g/mol. The Morgan fingerprint density at radius 2 is 2.00 bits per heavy atom. The molecule has 5 nitrogen and oxygen atoms in total. The molecular formula is C19H25N3O2. The molecule has 0 saturated carbocycles. The van der Waals surface area contributed by atoms with E-state index in [-0.39, 0.29) is 11.3 Å². The zero-order chi connectivity index (χ0) is 17.2. The molecule has 1 aromatic carbocycles. The molecule has 1 unspecified atom stereocenters. The highest BCUT2D eigenvalue weighted by atomic mass is 16.5. The Balaban J connectivity index is 1.78. The van der Waals surface area contributed by atoms with Gasteiger partial charge < -0.3 is 14.5 Å². The quantitative estimate of drug-likeness (QED) is 0.852. The van der Waals surface area contributed by atoms with Crippen LogP contribution < -0.4 is 0 Å². The summed E-state index contributed by atoms with van der Waals surface area (Å²) in [5.74, 6) is 0.561. The molecule has 0 radical (unpaired) electrons. The Morgan fingerprint density at radius 3 is 2.58 bits per heavy atom. The molecule has 2 saturated heterocycles. The topological polar surface area (TPSA) is 56.6 Å². The van der Waals surface area contributed by atoms with Crippen LogP contribution in [-0.4, -0.2) is 62.7 Å². The lowest BCUT2D eigenvalue weighted by Gasteiger charge is -2.38. The van der Waals surface area contributed by atoms with E-state index in [4.69, 9.17) is 10.00 Å². The number of hydrogen-bond acceptors (Lipinski definition) is 4. The first-order valence-electron chi connectivity index (χ1n) is 8.56. The second kappa shape index (κ2) is 6.92. The summed E-state index contributed by atoms with van der Waals surface area (Å²) < 4.78 is 5.57. The van der Waals surface area contributed by atoms with Crippen LogP contribution in [0.15, 0.2) is 24.3 Å². The van der Waals surface area contributed by atoms with Gasteiger partial charge in [-0.05, 0) is 62.5 Å². The first kappa shape index (κ1) is 16.9. The van der Waals surface area contributed by atoms with Gasteiger partial charge in [0.05, 0.1) is 11.6 Å². The number of nitrogens with zero attached hydrogens (tertiary/aromatic N) is 3. The van der Waals surface area contributed by atoms with Gasteiger partial charge in [-0.15, -0.1) is 0 Å². The number of likely N-dealkylation sites (tertiary alicyclic amines) is 1. The third-order valence-electron chi connectivity index (χ3n) is 5.43. The van der Waals surface area contributed by atoms with Gasteiger partial charge in [-0.1, -0.05) is 0 Å². The lowest BCUT2D eigenvalue weighted by Crippen LogP contribution is -2.40. The second-order valence-corrected chi connectivity index (χ2v) is 7.31. The Bertz CT molecular complexity index is 627. The van der Waals surface area contributed by atoms with Gasteiger partial charge in [0.1, 0.15) is 0 Å². The zero-order valence-corrected chi connectivity index (χ0v) is 14.5. The molecule has 24 heavy (non-hydrogen) atoms. The van der Waals surface area contributed by atoms with Crippen molar-refractivity contribution in [2.45, 2.75) is 12.8 Å². The normalized spacial score (nSPS) is 22.8. The summed E-state index contributed by atoms with van der Waals surface area (Å²) >= 11 is 0. The number of benzene rings is 1. The summed E-state index contributed by atoms with van der Waals surface area (Å²) in [7, 11) is 4.19. The van der Waals surface area contributed by atoms with Gasteiger partial charge in [-0.3, -0.25) is 4.79 Å². The van der Waals surface area contributed by atoms with Crippen molar-refractivity contribution in [1.29, 1.82) is 5.26 Å². The predicted molar refractivity (Wildman–Crippen MR) is 91.6 cm³/mol. The van der Waals surface area contributed by atoms with Crippen LogP contribution in [0.2, 0.25) is 0 Å². The minimum Gasteiger partial charge on any atom is -0.381 e. The Kier molecular flexibility index (Phi) is 4.88. The summed E-state index contributed by atoms with van der Waals surface area (Å²) in [5.41, 5.74) is 1.44. The number of nitriles is 1. The van der Waals surface area contributed by atoms with E-state index in [1.54, 1.807) is 24.3 Å². The van der Waals surface area contributed by atoms with Crippen LogP contribution in [-0.2, 0) is 4.74 Å². The number of ether oxygens (including phenoxy) is 1. The maximum atomic E-state index is 12.9. The van der Waals surface area contributed by atoms with Crippen molar-refractivity contribution in [3.05, 3.63) is 35.4 Å². The average Bonchev–Trinajstić information content (AvgIpc) is 2.92. The molecule has 2 fully saturated rings. The van der Waals surface area contributed by atoms with Gasteiger partial charge in [0.15, 0.2) is 0 Å². The number of hydrogen-bond donors (Lipinski definition) is 0. The van der Waals surface area contributed by atoms with Crippen LogP contribution in [0.3, 0.4) is 0 Å². The first-order chi connectivity index (χ1) is 11.5. The SMILES string of the molecule is CN(C)CC1CN(C(=O)c2ccc(C#N)cc2)CC12CCOCC2. The summed E-state index contributed by atoms with van der Waals surface area (Å²) in [6.07, 6.45) is 2.06. The molecule has 1 spiro atoms. The molecule has 5 heteroatoms. The van der Waals surface area contributed by atoms with Crippen LogP contribution >= 0.6 is 0 Å². The van der Waals surface area contributed by atoms with E-state index >= 15 is 0 Å². The number of amides is 1. The molecule has 128 valence electrons.